The Hall–Kier alpha value is -4.26. The van der Waals surface area contributed by atoms with Gasteiger partial charge in [-0.2, -0.15) is 17.6 Å². The number of anilines is 2. The molecular formula is C30H27F6N5O2. The van der Waals surface area contributed by atoms with E-state index in [9.17, 15) is 26.7 Å². The summed E-state index contributed by atoms with van der Waals surface area (Å²) in [5, 5.41) is -0.0509. The van der Waals surface area contributed by atoms with Gasteiger partial charge in [0.15, 0.2) is 17.0 Å². The molecule has 6 rings (SSSR count). The van der Waals surface area contributed by atoms with Crippen molar-refractivity contribution in [1.29, 1.82) is 0 Å². The van der Waals surface area contributed by atoms with Crippen molar-refractivity contribution in [2.24, 2.45) is 0 Å². The van der Waals surface area contributed by atoms with Crippen molar-refractivity contribution in [2.45, 2.75) is 44.7 Å². The molecule has 4 aromatic rings. The van der Waals surface area contributed by atoms with Crippen LogP contribution in [-0.2, 0) is 25.8 Å². The van der Waals surface area contributed by atoms with Crippen LogP contribution in [0.1, 0.15) is 29.5 Å². The number of nitrogen functional groups attached to an aromatic ring is 1. The van der Waals surface area contributed by atoms with Crippen molar-refractivity contribution < 1.29 is 31.1 Å². The van der Waals surface area contributed by atoms with Crippen molar-refractivity contribution >= 4 is 22.4 Å². The second-order valence-corrected chi connectivity index (χ2v) is 10.8. The summed E-state index contributed by atoms with van der Waals surface area (Å²) >= 11 is 0. The average molecular weight is 604 g/mol. The molecule has 2 aromatic heterocycles. The van der Waals surface area contributed by atoms with E-state index in [2.05, 4.69) is 9.88 Å². The molecule has 4 heterocycles. The molecule has 0 radical (unpaired) electrons. The Morgan fingerprint density at radius 2 is 1.81 bits per heavy atom. The number of nitrogens with zero attached hydrogens (tertiary/aromatic N) is 4. The SMILES string of the molecule is Nc1ccc(N2CCCC(N(Cc3ccc(C(F)(F)F)cc3F)Cc3cn4c5c(c(F)c(F)cc5c3=O)OCC4)C2)cn1. The average Bonchev–Trinajstić information content (AvgIpc) is 2.98. The molecule has 0 saturated carbocycles. The molecule has 13 heteroatoms. The van der Waals surface area contributed by atoms with Crippen LogP contribution in [0, 0.1) is 17.5 Å². The van der Waals surface area contributed by atoms with Crippen LogP contribution >= 0.6 is 0 Å². The molecule has 1 saturated heterocycles. The second kappa shape index (κ2) is 11.1. The molecule has 2 aliphatic rings. The molecule has 1 fully saturated rings. The van der Waals surface area contributed by atoms with Gasteiger partial charge in [-0.05, 0) is 43.2 Å². The lowest BCUT2D eigenvalue weighted by Gasteiger charge is -2.40. The molecule has 2 N–H and O–H groups in total. The number of ether oxygens (including phenoxy) is 1. The van der Waals surface area contributed by atoms with E-state index < -0.39 is 34.6 Å². The fourth-order valence-corrected chi connectivity index (χ4v) is 5.88. The van der Waals surface area contributed by atoms with Gasteiger partial charge in [0.05, 0.1) is 34.9 Å². The highest BCUT2D eigenvalue weighted by molar-refractivity contribution is 5.86. The molecule has 0 spiro atoms. The summed E-state index contributed by atoms with van der Waals surface area (Å²) in [5.74, 6) is -3.36. The molecule has 0 amide bonds. The van der Waals surface area contributed by atoms with Crippen molar-refractivity contribution in [3.05, 3.63) is 93.2 Å². The lowest BCUT2D eigenvalue weighted by atomic mass is 10.0. The van der Waals surface area contributed by atoms with Crippen molar-refractivity contribution in [3.8, 4) is 5.75 Å². The van der Waals surface area contributed by atoms with Crippen LogP contribution in [0.25, 0.3) is 10.9 Å². The molecule has 0 bridgehead atoms. The molecule has 2 aromatic carbocycles. The number of aromatic nitrogens is 2. The summed E-state index contributed by atoms with van der Waals surface area (Å²) in [5.41, 5.74) is 5.36. The van der Waals surface area contributed by atoms with Gasteiger partial charge in [-0.1, -0.05) is 6.07 Å². The smallest absolute Gasteiger partial charge is 0.416 e. The first-order valence-electron chi connectivity index (χ1n) is 13.7. The Morgan fingerprint density at radius 1 is 1.02 bits per heavy atom. The predicted octanol–water partition coefficient (Wildman–Crippen LogP) is 5.48. The maximum Gasteiger partial charge on any atom is 0.416 e. The highest BCUT2D eigenvalue weighted by Crippen LogP contribution is 2.34. The second-order valence-electron chi connectivity index (χ2n) is 10.8. The van der Waals surface area contributed by atoms with Crippen molar-refractivity contribution in [1.82, 2.24) is 14.5 Å². The Balaban J connectivity index is 1.39. The summed E-state index contributed by atoms with van der Waals surface area (Å²) in [6, 6.07) is 6.52. The third kappa shape index (κ3) is 5.61. The van der Waals surface area contributed by atoms with E-state index >= 15 is 4.39 Å². The minimum absolute atomic E-state index is 0.0110. The van der Waals surface area contributed by atoms with Crippen LogP contribution in [0.4, 0.5) is 37.8 Å². The number of nitrogens with two attached hydrogens (primary N) is 1. The van der Waals surface area contributed by atoms with Gasteiger partial charge < -0.3 is 19.9 Å². The van der Waals surface area contributed by atoms with Gasteiger partial charge in [-0.25, -0.2) is 13.8 Å². The standard InChI is InChI=1S/C30H27F6N5O2/c31-23-10-19(30(34,35)36)4-3-17(23)13-41(21-2-1-7-39(16-21)20-5-6-25(37)38-12-20)15-18-14-40-8-9-43-29-26(33)24(32)11-22(27(29)40)28(18)42/h3-6,10-12,14,21H,1-2,7-9,13,15-16H2,(H2,37,38). The number of piperidine rings is 1. The number of hydrogen-bond acceptors (Lipinski definition) is 6. The molecule has 0 aliphatic carbocycles. The summed E-state index contributed by atoms with van der Waals surface area (Å²) in [4.78, 5) is 21.7. The minimum atomic E-state index is -4.70. The molecular weight excluding hydrogens is 576 g/mol. The first-order chi connectivity index (χ1) is 20.5. The van der Waals surface area contributed by atoms with Crippen LogP contribution in [0.2, 0.25) is 0 Å². The zero-order valence-corrected chi connectivity index (χ0v) is 22.8. The molecule has 226 valence electrons. The fraction of sp³-hybridized carbons (Fsp3) is 0.333. The third-order valence-corrected chi connectivity index (χ3v) is 8.04. The molecule has 7 nitrogen and oxygen atoms in total. The van der Waals surface area contributed by atoms with Gasteiger partial charge in [0.2, 0.25) is 5.82 Å². The largest absolute Gasteiger partial charge is 0.486 e. The number of alkyl halides is 3. The van der Waals surface area contributed by atoms with Gasteiger partial charge in [0.1, 0.15) is 18.2 Å². The number of pyridine rings is 2. The van der Waals surface area contributed by atoms with E-state index in [1.165, 1.54) is 0 Å². The monoisotopic (exact) mass is 603 g/mol. The Kier molecular flexibility index (Phi) is 7.45. The Labute approximate surface area is 242 Å². The zero-order valence-electron chi connectivity index (χ0n) is 22.8. The number of hydrogen-bond donors (Lipinski definition) is 1. The first kappa shape index (κ1) is 28.8. The molecule has 1 atom stereocenters. The van der Waals surface area contributed by atoms with Gasteiger partial charge in [-0.15, -0.1) is 0 Å². The van der Waals surface area contributed by atoms with Gasteiger partial charge >= 0.3 is 6.18 Å². The number of halogens is 6. The van der Waals surface area contributed by atoms with E-state index in [1.807, 2.05) is 11.0 Å². The predicted molar refractivity (Wildman–Crippen MR) is 148 cm³/mol. The van der Waals surface area contributed by atoms with Gasteiger partial charge in [-0.3, -0.25) is 9.69 Å². The van der Waals surface area contributed by atoms with Crippen LogP contribution in [-0.4, -0.2) is 40.2 Å². The molecule has 2 aliphatic heterocycles. The highest BCUT2D eigenvalue weighted by Gasteiger charge is 2.33. The van der Waals surface area contributed by atoms with Crippen molar-refractivity contribution in [2.75, 3.05) is 30.3 Å². The Bertz CT molecular complexity index is 1740. The maximum absolute atomic E-state index is 15.1. The van der Waals surface area contributed by atoms with Crippen LogP contribution < -0.4 is 20.8 Å². The third-order valence-electron chi connectivity index (χ3n) is 8.04. The lowest BCUT2D eigenvalue weighted by Crippen LogP contribution is -2.48. The van der Waals surface area contributed by atoms with E-state index in [4.69, 9.17) is 10.5 Å². The normalized spacial score (nSPS) is 17.0. The van der Waals surface area contributed by atoms with E-state index in [-0.39, 0.29) is 60.1 Å². The fourth-order valence-electron chi connectivity index (χ4n) is 5.88. The van der Waals surface area contributed by atoms with Crippen molar-refractivity contribution in [3.63, 3.8) is 0 Å². The quantitative estimate of drug-likeness (QED) is 0.295. The maximum atomic E-state index is 15.1. The number of rotatable bonds is 6. The minimum Gasteiger partial charge on any atom is -0.486 e. The van der Waals surface area contributed by atoms with E-state index in [0.29, 0.717) is 31.4 Å². The summed E-state index contributed by atoms with van der Waals surface area (Å²) in [6.07, 6.45) is -0.0799. The summed E-state index contributed by atoms with van der Waals surface area (Å²) in [7, 11) is 0. The molecule has 1 unspecified atom stereocenters. The first-order valence-corrected chi connectivity index (χ1v) is 13.7. The van der Waals surface area contributed by atoms with Crippen LogP contribution in [0.15, 0.2) is 53.6 Å². The van der Waals surface area contributed by atoms with Crippen LogP contribution in [0.3, 0.4) is 0 Å². The molecule has 43 heavy (non-hydrogen) atoms. The van der Waals surface area contributed by atoms with E-state index in [0.717, 1.165) is 30.3 Å². The highest BCUT2D eigenvalue weighted by atomic mass is 19.4. The van der Waals surface area contributed by atoms with Gasteiger partial charge in [0, 0.05) is 49.5 Å². The van der Waals surface area contributed by atoms with Gasteiger partial charge in [0.25, 0.3) is 0 Å². The van der Waals surface area contributed by atoms with Crippen LogP contribution in [0.5, 0.6) is 5.75 Å². The summed E-state index contributed by atoms with van der Waals surface area (Å²) in [6.45, 7) is 1.43. The number of benzene rings is 2. The Morgan fingerprint density at radius 3 is 2.53 bits per heavy atom. The topological polar surface area (TPSA) is 76.6 Å². The summed E-state index contributed by atoms with van der Waals surface area (Å²) < 4.78 is 90.6. The van der Waals surface area contributed by atoms with E-state index in [1.54, 1.807) is 23.0 Å². The zero-order chi connectivity index (χ0) is 30.5. The lowest BCUT2D eigenvalue weighted by molar-refractivity contribution is -0.137.